The van der Waals surface area contributed by atoms with Crippen LogP contribution < -0.4 is 11.1 Å². The number of carbonyl (C=O) groups excluding carboxylic acids is 1. The van der Waals surface area contributed by atoms with Gasteiger partial charge in [0.15, 0.2) is 0 Å². The van der Waals surface area contributed by atoms with E-state index < -0.39 is 17.8 Å². The maximum atomic E-state index is 11.5. The number of carboxylic acids is 1. The molecular weight excluding hydrogens is 212 g/mol. The lowest BCUT2D eigenvalue weighted by atomic mass is 9.99. The number of carboxylic acid groups (broad SMARTS) is 1. The van der Waals surface area contributed by atoms with Crippen molar-refractivity contribution in [2.45, 2.75) is 19.3 Å². The third kappa shape index (κ3) is 1.56. The first kappa shape index (κ1) is 10.3. The minimum Gasteiger partial charge on any atom is -0.481 e. The SMILES string of the molecule is Cc1nc(N)c2c(n1)NC(=O)C2CC(=O)O. The predicted molar refractivity (Wildman–Crippen MR) is 54.8 cm³/mol. The molecule has 0 radical (unpaired) electrons. The van der Waals surface area contributed by atoms with Crippen molar-refractivity contribution in [2.75, 3.05) is 11.1 Å². The summed E-state index contributed by atoms with van der Waals surface area (Å²) < 4.78 is 0. The normalized spacial score (nSPS) is 18.1. The summed E-state index contributed by atoms with van der Waals surface area (Å²) in [5.41, 5.74) is 6.05. The number of aryl methyl sites for hydroxylation is 1. The van der Waals surface area contributed by atoms with Gasteiger partial charge in [0.1, 0.15) is 17.5 Å². The zero-order chi connectivity index (χ0) is 11.9. The maximum absolute atomic E-state index is 11.5. The molecular formula is C9H10N4O3. The number of nitrogen functional groups attached to an aromatic ring is 1. The highest BCUT2D eigenvalue weighted by Crippen LogP contribution is 2.36. The fraction of sp³-hybridized carbons (Fsp3) is 0.333. The summed E-state index contributed by atoms with van der Waals surface area (Å²) in [6.07, 6.45) is -0.310. The van der Waals surface area contributed by atoms with E-state index in [9.17, 15) is 9.59 Å². The number of anilines is 2. The lowest BCUT2D eigenvalue weighted by Gasteiger charge is -2.07. The Morgan fingerprint density at radius 2 is 2.25 bits per heavy atom. The largest absolute Gasteiger partial charge is 0.481 e. The standard InChI is InChI=1S/C9H10N4O3/c1-3-11-7(10)6-4(2-5(14)15)9(16)13-8(6)12-3/h4H,2H2,1H3,(H,14,15)(H3,10,11,12,13,16). The molecule has 1 unspecified atom stereocenters. The van der Waals surface area contributed by atoms with Crippen molar-refractivity contribution >= 4 is 23.5 Å². The van der Waals surface area contributed by atoms with Crippen molar-refractivity contribution in [3.05, 3.63) is 11.4 Å². The Labute approximate surface area is 90.7 Å². The second-order valence-corrected chi connectivity index (χ2v) is 3.56. The van der Waals surface area contributed by atoms with Crippen molar-refractivity contribution in [1.82, 2.24) is 9.97 Å². The number of amides is 1. The number of aromatic nitrogens is 2. The molecule has 1 amide bonds. The van der Waals surface area contributed by atoms with Crippen LogP contribution in [0.3, 0.4) is 0 Å². The predicted octanol–water partition coefficient (Wildman–Crippen LogP) is -0.122. The summed E-state index contributed by atoms with van der Waals surface area (Å²) in [6, 6.07) is 0. The number of fused-ring (bicyclic) bond motifs is 1. The molecule has 1 aromatic heterocycles. The summed E-state index contributed by atoms with van der Waals surface area (Å²) in [5, 5.41) is 11.2. The minimum atomic E-state index is -1.06. The van der Waals surface area contributed by atoms with Crippen molar-refractivity contribution in [2.24, 2.45) is 0 Å². The van der Waals surface area contributed by atoms with Crippen LogP contribution in [0.4, 0.5) is 11.6 Å². The quantitative estimate of drug-likeness (QED) is 0.641. The van der Waals surface area contributed by atoms with Crippen molar-refractivity contribution < 1.29 is 14.7 Å². The average molecular weight is 222 g/mol. The van der Waals surface area contributed by atoms with E-state index in [0.29, 0.717) is 17.2 Å². The highest BCUT2D eigenvalue weighted by Gasteiger charge is 2.36. The van der Waals surface area contributed by atoms with Gasteiger partial charge in [-0.05, 0) is 6.92 Å². The second-order valence-electron chi connectivity index (χ2n) is 3.56. The van der Waals surface area contributed by atoms with Gasteiger partial charge in [0.25, 0.3) is 0 Å². The molecule has 1 aliphatic rings. The Kier molecular flexibility index (Phi) is 2.22. The molecule has 0 saturated carbocycles. The summed E-state index contributed by atoms with van der Waals surface area (Å²) in [4.78, 5) is 30.1. The van der Waals surface area contributed by atoms with E-state index in [1.807, 2.05) is 0 Å². The lowest BCUT2D eigenvalue weighted by molar-refractivity contribution is -0.138. The van der Waals surface area contributed by atoms with Gasteiger partial charge in [-0.3, -0.25) is 9.59 Å². The molecule has 4 N–H and O–H groups in total. The molecule has 2 rings (SSSR count). The first-order valence-electron chi connectivity index (χ1n) is 4.65. The van der Waals surface area contributed by atoms with Crippen LogP contribution in [0.15, 0.2) is 0 Å². The molecule has 0 spiro atoms. The molecule has 1 aromatic rings. The van der Waals surface area contributed by atoms with E-state index in [2.05, 4.69) is 15.3 Å². The summed E-state index contributed by atoms with van der Waals surface area (Å²) in [7, 11) is 0. The Hall–Kier alpha value is -2.18. The molecule has 2 heterocycles. The molecule has 7 heteroatoms. The lowest BCUT2D eigenvalue weighted by Crippen LogP contribution is -2.16. The molecule has 1 aliphatic heterocycles. The van der Waals surface area contributed by atoms with E-state index in [-0.39, 0.29) is 12.2 Å². The van der Waals surface area contributed by atoms with Crippen LogP contribution in [-0.2, 0) is 9.59 Å². The molecule has 0 aliphatic carbocycles. The van der Waals surface area contributed by atoms with Gasteiger partial charge in [-0.15, -0.1) is 0 Å². The molecule has 16 heavy (non-hydrogen) atoms. The van der Waals surface area contributed by atoms with E-state index >= 15 is 0 Å². The van der Waals surface area contributed by atoms with Gasteiger partial charge in [-0.2, -0.15) is 0 Å². The molecule has 1 atom stereocenters. The highest BCUT2D eigenvalue weighted by molar-refractivity contribution is 6.04. The Morgan fingerprint density at radius 1 is 1.56 bits per heavy atom. The monoisotopic (exact) mass is 222 g/mol. The van der Waals surface area contributed by atoms with Gasteiger partial charge in [0.2, 0.25) is 5.91 Å². The van der Waals surface area contributed by atoms with Crippen molar-refractivity contribution in [1.29, 1.82) is 0 Å². The zero-order valence-corrected chi connectivity index (χ0v) is 8.52. The van der Waals surface area contributed by atoms with E-state index in [1.165, 1.54) is 0 Å². The fourth-order valence-corrected chi connectivity index (χ4v) is 1.75. The van der Waals surface area contributed by atoms with Gasteiger partial charge in [-0.25, -0.2) is 9.97 Å². The topological polar surface area (TPSA) is 118 Å². The van der Waals surface area contributed by atoms with Crippen LogP contribution in [0.1, 0.15) is 23.7 Å². The van der Waals surface area contributed by atoms with Crippen LogP contribution in [0.25, 0.3) is 0 Å². The van der Waals surface area contributed by atoms with Gasteiger partial charge in [0, 0.05) is 0 Å². The molecule has 7 nitrogen and oxygen atoms in total. The number of nitrogens with zero attached hydrogens (tertiary/aromatic N) is 2. The highest BCUT2D eigenvalue weighted by atomic mass is 16.4. The van der Waals surface area contributed by atoms with E-state index in [0.717, 1.165) is 0 Å². The summed E-state index contributed by atoms with van der Waals surface area (Å²) >= 11 is 0. The van der Waals surface area contributed by atoms with Gasteiger partial charge < -0.3 is 16.2 Å². The average Bonchev–Trinajstić information content (AvgIpc) is 2.41. The Bertz CT molecular complexity index is 486. The number of nitrogens with one attached hydrogen (secondary N) is 1. The van der Waals surface area contributed by atoms with Crippen LogP contribution >= 0.6 is 0 Å². The summed E-state index contributed by atoms with van der Waals surface area (Å²) in [5.74, 6) is -1.34. The third-order valence-electron chi connectivity index (χ3n) is 2.37. The van der Waals surface area contributed by atoms with E-state index in [4.69, 9.17) is 10.8 Å². The van der Waals surface area contributed by atoms with Gasteiger partial charge in [-0.1, -0.05) is 0 Å². The van der Waals surface area contributed by atoms with Crippen LogP contribution in [0, 0.1) is 6.92 Å². The van der Waals surface area contributed by atoms with Gasteiger partial charge >= 0.3 is 5.97 Å². The number of rotatable bonds is 2. The van der Waals surface area contributed by atoms with Crippen LogP contribution in [-0.4, -0.2) is 27.0 Å². The van der Waals surface area contributed by atoms with Crippen molar-refractivity contribution in [3.63, 3.8) is 0 Å². The number of aliphatic carboxylic acids is 1. The van der Waals surface area contributed by atoms with Gasteiger partial charge in [0.05, 0.1) is 17.9 Å². The third-order valence-corrected chi connectivity index (χ3v) is 2.37. The Morgan fingerprint density at radius 3 is 2.88 bits per heavy atom. The fourth-order valence-electron chi connectivity index (χ4n) is 1.75. The number of hydrogen-bond donors (Lipinski definition) is 3. The minimum absolute atomic E-state index is 0.159. The first-order valence-corrected chi connectivity index (χ1v) is 4.65. The number of hydrogen-bond acceptors (Lipinski definition) is 5. The zero-order valence-electron chi connectivity index (χ0n) is 8.52. The Balaban J connectivity index is 2.48. The molecule has 0 bridgehead atoms. The molecule has 84 valence electrons. The number of carbonyl (C=O) groups is 2. The number of nitrogens with two attached hydrogens (primary N) is 1. The first-order chi connectivity index (χ1) is 7.49. The molecule has 0 fully saturated rings. The van der Waals surface area contributed by atoms with Crippen LogP contribution in [0.2, 0.25) is 0 Å². The van der Waals surface area contributed by atoms with E-state index in [1.54, 1.807) is 6.92 Å². The summed E-state index contributed by atoms with van der Waals surface area (Å²) in [6.45, 7) is 1.65. The second kappa shape index (κ2) is 3.44. The molecule has 0 saturated heterocycles. The smallest absolute Gasteiger partial charge is 0.304 e. The maximum Gasteiger partial charge on any atom is 0.304 e. The van der Waals surface area contributed by atoms with Crippen molar-refractivity contribution in [3.8, 4) is 0 Å². The van der Waals surface area contributed by atoms with Crippen LogP contribution in [0.5, 0.6) is 0 Å². The molecule has 0 aromatic carbocycles.